The molecule has 160 valence electrons. The van der Waals surface area contributed by atoms with Crippen molar-refractivity contribution in [1.82, 2.24) is 24.1 Å². The van der Waals surface area contributed by atoms with Crippen LogP contribution in [0.25, 0.3) is 11.6 Å². The minimum atomic E-state index is -0.201. The lowest BCUT2D eigenvalue weighted by molar-refractivity contribution is -0.131. The molecule has 0 unspecified atom stereocenters. The molecule has 2 aliphatic heterocycles. The van der Waals surface area contributed by atoms with Crippen molar-refractivity contribution in [2.45, 2.75) is 31.8 Å². The van der Waals surface area contributed by atoms with Crippen molar-refractivity contribution >= 4 is 23.2 Å². The first-order valence-electron chi connectivity index (χ1n) is 10.4. The van der Waals surface area contributed by atoms with Gasteiger partial charge >= 0.3 is 5.69 Å². The van der Waals surface area contributed by atoms with Crippen molar-refractivity contribution in [2.24, 2.45) is 0 Å². The van der Waals surface area contributed by atoms with Crippen LogP contribution in [0, 0.1) is 22.7 Å². The Kier molecular flexibility index (Phi) is 4.75. The van der Waals surface area contributed by atoms with E-state index in [9.17, 15) is 14.9 Å². The number of likely N-dealkylation sites (tertiary alicyclic amines) is 1. The highest BCUT2D eigenvalue weighted by molar-refractivity contribution is 5.78. The standard InChI is InChI=1S/C22H20N8O2/c23-6-3-21(31)28-7-1-2-16(13-28)30-20-14-27(8-5-17(20)26-22(30)32)19-12-25-29-9-4-15(11-24)10-18(19)29/h4-5,8-10,12,16H,1-3,7,13-14H2,(H,26,32)/t16-/m0/s1. The van der Waals surface area contributed by atoms with Crippen LogP contribution in [-0.4, -0.2) is 43.1 Å². The molecule has 0 spiro atoms. The molecule has 10 heteroatoms. The molecule has 0 saturated carbocycles. The summed E-state index contributed by atoms with van der Waals surface area (Å²) in [7, 11) is 0. The normalized spacial score (nSPS) is 17.8. The van der Waals surface area contributed by atoms with Crippen molar-refractivity contribution in [3.8, 4) is 12.1 Å². The number of amides is 1. The molecule has 1 N–H and O–H groups in total. The number of imidazole rings is 1. The lowest BCUT2D eigenvalue weighted by Gasteiger charge is -2.34. The van der Waals surface area contributed by atoms with Gasteiger partial charge in [0.1, 0.15) is 6.42 Å². The molecule has 1 saturated heterocycles. The maximum absolute atomic E-state index is 12.8. The van der Waals surface area contributed by atoms with Crippen LogP contribution < -0.4 is 10.6 Å². The third kappa shape index (κ3) is 3.22. The molecule has 10 nitrogen and oxygen atoms in total. The van der Waals surface area contributed by atoms with Crippen LogP contribution in [0.4, 0.5) is 5.69 Å². The van der Waals surface area contributed by atoms with Crippen LogP contribution in [-0.2, 0) is 11.3 Å². The first kappa shape index (κ1) is 19.6. The second-order valence-corrected chi connectivity index (χ2v) is 7.96. The Morgan fingerprint density at radius 3 is 3.03 bits per heavy atom. The molecule has 32 heavy (non-hydrogen) atoms. The van der Waals surface area contributed by atoms with Gasteiger partial charge < -0.3 is 14.8 Å². The molecular formula is C22H20N8O2. The number of piperidine rings is 1. The number of nitriles is 2. The molecule has 1 amide bonds. The van der Waals surface area contributed by atoms with Gasteiger partial charge in [-0.3, -0.25) is 9.36 Å². The van der Waals surface area contributed by atoms with Gasteiger partial charge in [-0.05, 0) is 31.1 Å². The second-order valence-electron chi connectivity index (χ2n) is 7.96. The molecule has 2 aliphatic rings. The predicted molar refractivity (Wildman–Crippen MR) is 115 cm³/mol. The van der Waals surface area contributed by atoms with E-state index in [-0.39, 0.29) is 24.1 Å². The van der Waals surface area contributed by atoms with Crippen LogP contribution in [0.5, 0.6) is 0 Å². The van der Waals surface area contributed by atoms with E-state index >= 15 is 0 Å². The SMILES string of the molecule is N#CCC(=O)N1CCC[C@H](n2c3c([nH]c2=O)C=CN(c2cnn4ccc(C#N)cc24)C3)C1. The van der Waals surface area contributed by atoms with Crippen molar-refractivity contribution in [3.05, 3.63) is 58.2 Å². The van der Waals surface area contributed by atoms with Gasteiger partial charge in [0.2, 0.25) is 5.91 Å². The van der Waals surface area contributed by atoms with Gasteiger partial charge in [-0.2, -0.15) is 15.6 Å². The zero-order valence-corrected chi connectivity index (χ0v) is 17.2. The first-order chi connectivity index (χ1) is 15.6. The fourth-order valence-electron chi connectivity index (χ4n) is 4.56. The minimum absolute atomic E-state index is 0.150. The number of nitrogens with zero attached hydrogens (tertiary/aromatic N) is 7. The van der Waals surface area contributed by atoms with Crippen molar-refractivity contribution in [1.29, 1.82) is 10.5 Å². The van der Waals surface area contributed by atoms with Crippen LogP contribution in [0.15, 0.2) is 35.5 Å². The number of anilines is 1. The topological polar surface area (TPSA) is 126 Å². The molecule has 1 fully saturated rings. The Balaban J connectivity index is 1.47. The van der Waals surface area contributed by atoms with Gasteiger partial charge in [0.05, 0.1) is 59.1 Å². The molecule has 0 bridgehead atoms. The van der Waals surface area contributed by atoms with E-state index in [0.717, 1.165) is 35.4 Å². The summed E-state index contributed by atoms with van der Waals surface area (Å²) in [5, 5.41) is 22.5. The average Bonchev–Trinajstić information content (AvgIpc) is 3.38. The summed E-state index contributed by atoms with van der Waals surface area (Å²) < 4.78 is 3.47. The molecule has 3 aromatic rings. The number of hydrogen-bond donors (Lipinski definition) is 1. The molecule has 5 heterocycles. The van der Waals surface area contributed by atoms with Gasteiger partial charge in [0.15, 0.2) is 0 Å². The number of nitrogens with one attached hydrogen (secondary N) is 1. The minimum Gasteiger partial charge on any atom is -0.340 e. The van der Waals surface area contributed by atoms with E-state index in [2.05, 4.69) is 16.2 Å². The third-order valence-corrected chi connectivity index (χ3v) is 6.09. The van der Waals surface area contributed by atoms with Crippen molar-refractivity contribution in [2.75, 3.05) is 18.0 Å². The van der Waals surface area contributed by atoms with Gasteiger partial charge in [0, 0.05) is 25.5 Å². The summed E-state index contributed by atoms with van der Waals surface area (Å²) in [4.78, 5) is 31.7. The van der Waals surface area contributed by atoms with E-state index in [1.54, 1.807) is 38.5 Å². The number of carbonyl (C=O) groups is 1. The molecule has 0 aliphatic carbocycles. The van der Waals surface area contributed by atoms with Crippen LogP contribution in [0.2, 0.25) is 0 Å². The second kappa shape index (κ2) is 7.75. The van der Waals surface area contributed by atoms with Gasteiger partial charge in [-0.25, -0.2) is 9.31 Å². The van der Waals surface area contributed by atoms with Gasteiger partial charge in [-0.1, -0.05) is 0 Å². The van der Waals surface area contributed by atoms with E-state index in [1.165, 1.54) is 0 Å². The van der Waals surface area contributed by atoms with Crippen molar-refractivity contribution in [3.63, 3.8) is 0 Å². The molecular weight excluding hydrogens is 408 g/mol. The summed E-state index contributed by atoms with van der Waals surface area (Å²) >= 11 is 0. The summed E-state index contributed by atoms with van der Waals surface area (Å²) in [6.45, 7) is 1.47. The quantitative estimate of drug-likeness (QED) is 0.677. The van der Waals surface area contributed by atoms with E-state index < -0.39 is 0 Å². The number of aromatic amines is 1. The Hall–Kier alpha value is -4.31. The Bertz CT molecular complexity index is 1380. The van der Waals surface area contributed by atoms with Gasteiger partial charge in [0.25, 0.3) is 0 Å². The highest BCUT2D eigenvalue weighted by Gasteiger charge is 2.30. The average molecular weight is 428 g/mol. The predicted octanol–water partition coefficient (Wildman–Crippen LogP) is 1.76. The molecule has 0 radical (unpaired) electrons. The summed E-state index contributed by atoms with van der Waals surface area (Å²) in [6, 6.07) is 7.41. The van der Waals surface area contributed by atoms with E-state index in [1.807, 2.05) is 23.2 Å². The molecule has 5 rings (SSSR count). The first-order valence-corrected chi connectivity index (χ1v) is 10.4. The fraction of sp³-hybridized carbons (Fsp3) is 0.318. The van der Waals surface area contributed by atoms with Crippen molar-refractivity contribution < 1.29 is 4.79 Å². The Morgan fingerprint density at radius 1 is 1.34 bits per heavy atom. The van der Waals surface area contributed by atoms with Crippen LogP contribution in [0.1, 0.15) is 42.3 Å². The number of carbonyl (C=O) groups excluding carboxylic acids is 1. The molecule has 3 aromatic heterocycles. The number of pyridine rings is 1. The Labute approximate surface area is 183 Å². The van der Waals surface area contributed by atoms with Crippen LogP contribution >= 0.6 is 0 Å². The highest BCUT2D eigenvalue weighted by Crippen LogP contribution is 2.30. The maximum atomic E-state index is 12.8. The lowest BCUT2D eigenvalue weighted by Crippen LogP contribution is -2.43. The number of H-pyrrole nitrogens is 1. The number of rotatable bonds is 3. The monoisotopic (exact) mass is 428 g/mol. The zero-order valence-electron chi connectivity index (χ0n) is 17.2. The summed E-state index contributed by atoms with van der Waals surface area (Å²) in [5.41, 5.74) is 3.57. The fourth-order valence-corrected chi connectivity index (χ4v) is 4.56. The van der Waals surface area contributed by atoms with E-state index in [0.29, 0.717) is 25.2 Å². The molecule has 1 atom stereocenters. The number of fused-ring (bicyclic) bond motifs is 2. The highest BCUT2D eigenvalue weighted by atomic mass is 16.2. The largest absolute Gasteiger partial charge is 0.340 e. The number of aromatic nitrogens is 4. The number of hydrogen-bond acceptors (Lipinski definition) is 6. The zero-order chi connectivity index (χ0) is 22.2. The smallest absolute Gasteiger partial charge is 0.326 e. The third-order valence-electron chi connectivity index (χ3n) is 6.09. The lowest BCUT2D eigenvalue weighted by atomic mass is 10.0. The summed E-state index contributed by atoms with van der Waals surface area (Å²) in [6.07, 6.45) is 8.65. The molecule has 0 aromatic carbocycles. The van der Waals surface area contributed by atoms with Crippen LogP contribution in [0.3, 0.4) is 0 Å². The van der Waals surface area contributed by atoms with Gasteiger partial charge in [-0.15, -0.1) is 0 Å². The van der Waals surface area contributed by atoms with E-state index in [4.69, 9.17) is 5.26 Å². The summed E-state index contributed by atoms with van der Waals surface area (Å²) in [5.74, 6) is -0.198. The Morgan fingerprint density at radius 2 is 2.22 bits per heavy atom. The maximum Gasteiger partial charge on any atom is 0.326 e.